The van der Waals surface area contributed by atoms with E-state index in [-0.39, 0.29) is 11.5 Å². The van der Waals surface area contributed by atoms with E-state index in [4.69, 9.17) is 18.9 Å². The molecule has 0 radical (unpaired) electrons. The van der Waals surface area contributed by atoms with Crippen molar-refractivity contribution in [3.8, 4) is 11.5 Å². The van der Waals surface area contributed by atoms with Gasteiger partial charge in [-0.3, -0.25) is 14.4 Å². The minimum atomic E-state index is -1.25. The molecule has 0 bridgehead atoms. The van der Waals surface area contributed by atoms with Crippen LogP contribution in [0.15, 0.2) is 16.6 Å². The highest BCUT2D eigenvalue weighted by atomic mass is 79.9. The third-order valence-electron chi connectivity index (χ3n) is 2.42. The zero-order chi connectivity index (χ0) is 17.6. The fraction of sp³-hybridized carbons (Fsp3) is 0.400. The molecule has 0 aliphatic heterocycles. The molecule has 0 saturated heterocycles. The van der Waals surface area contributed by atoms with Gasteiger partial charge in [0.15, 0.2) is 11.5 Å². The van der Waals surface area contributed by atoms with Gasteiger partial charge in [-0.1, -0.05) is 15.9 Å². The van der Waals surface area contributed by atoms with Crippen molar-refractivity contribution in [2.24, 2.45) is 0 Å². The monoisotopic (exact) mass is 388 g/mol. The third-order valence-corrected chi connectivity index (χ3v) is 3.10. The molecule has 0 fully saturated rings. The van der Waals surface area contributed by atoms with E-state index in [9.17, 15) is 14.4 Å². The highest BCUT2D eigenvalue weighted by Gasteiger charge is 2.24. The Labute approximate surface area is 142 Å². The van der Waals surface area contributed by atoms with E-state index >= 15 is 0 Å². The number of ether oxygens (including phenoxy) is 4. The molecule has 0 aliphatic carbocycles. The molecule has 0 amide bonds. The molecule has 0 aliphatic rings. The summed E-state index contributed by atoms with van der Waals surface area (Å²) in [5, 5.41) is 0. The van der Waals surface area contributed by atoms with Gasteiger partial charge in [0.2, 0.25) is 0 Å². The maximum Gasteiger partial charge on any atom is 0.308 e. The average Bonchev–Trinajstić information content (AvgIpc) is 2.39. The predicted octanol–water partition coefficient (Wildman–Crippen LogP) is 2.90. The first-order valence-corrected chi connectivity index (χ1v) is 7.53. The molecular formula is C15H17BrO7. The molecule has 23 heavy (non-hydrogen) atoms. The van der Waals surface area contributed by atoms with E-state index in [1.807, 2.05) is 0 Å². The van der Waals surface area contributed by atoms with Crippen molar-refractivity contribution in [3.63, 3.8) is 0 Å². The molecule has 0 N–H and O–H groups in total. The van der Waals surface area contributed by atoms with Crippen LogP contribution in [0.3, 0.4) is 0 Å². The van der Waals surface area contributed by atoms with Crippen molar-refractivity contribution < 1.29 is 33.3 Å². The molecule has 1 aromatic carbocycles. The quantitative estimate of drug-likeness (QED) is 0.420. The maximum atomic E-state index is 11.2. The Morgan fingerprint density at radius 3 is 2.00 bits per heavy atom. The lowest BCUT2D eigenvalue weighted by molar-refractivity contribution is -0.186. The second kappa shape index (κ2) is 8.52. The summed E-state index contributed by atoms with van der Waals surface area (Å²) in [5.41, 5.74) is 0.342. The maximum absolute atomic E-state index is 11.2. The molecule has 0 atom stereocenters. The molecule has 8 heteroatoms. The first kappa shape index (κ1) is 19.0. The van der Waals surface area contributed by atoms with Crippen molar-refractivity contribution in [3.05, 3.63) is 22.2 Å². The van der Waals surface area contributed by atoms with Crippen LogP contribution in [0.2, 0.25) is 0 Å². The van der Waals surface area contributed by atoms with Crippen molar-refractivity contribution in [1.29, 1.82) is 0 Å². The number of rotatable bonds is 6. The standard InChI is InChI=1S/C15H17BrO7/c1-5-20-13-6-11(12(16)7-14(13)21-8(2)17)15(22-9(3)18)23-10(4)19/h6-7,15H,5H2,1-4H3. The fourth-order valence-corrected chi connectivity index (χ4v) is 2.20. The van der Waals surface area contributed by atoms with Gasteiger partial charge in [-0.25, -0.2) is 0 Å². The van der Waals surface area contributed by atoms with Crippen LogP contribution < -0.4 is 9.47 Å². The van der Waals surface area contributed by atoms with Crippen LogP contribution in [0, 0.1) is 0 Å². The molecule has 1 aromatic rings. The zero-order valence-corrected chi connectivity index (χ0v) is 14.8. The van der Waals surface area contributed by atoms with Crippen molar-refractivity contribution >= 4 is 33.8 Å². The van der Waals surface area contributed by atoms with E-state index < -0.39 is 24.2 Å². The number of hydrogen-bond acceptors (Lipinski definition) is 7. The van der Waals surface area contributed by atoms with Gasteiger partial charge in [-0.2, -0.15) is 0 Å². The van der Waals surface area contributed by atoms with Crippen LogP contribution in [-0.4, -0.2) is 24.5 Å². The topological polar surface area (TPSA) is 88.1 Å². The summed E-state index contributed by atoms with van der Waals surface area (Å²) in [5.74, 6) is -1.30. The first-order chi connectivity index (χ1) is 10.7. The van der Waals surface area contributed by atoms with Crippen molar-refractivity contribution in [2.45, 2.75) is 34.0 Å². The third kappa shape index (κ3) is 5.90. The van der Waals surface area contributed by atoms with Gasteiger partial charge in [0.25, 0.3) is 6.29 Å². The molecular weight excluding hydrogens is 372 g/mol. The fourth-order valence-electron chi connectivity index (χ4n) is 1.69. The molecule has 7 nitrogen and oxygen atoms in total. The Bertz CT molecular complexity index is 596. The molecule has 1 rings (SSSR count). The SMILES string of the molecule is CCOc1cc(C(OC(C)=O)OC(C)=O)c(Br)cc1OC(C)=O. The van der Waals surface area contributed by atoms with Crippen LogP contribution in [0.5, 0.6) is 11.5 Å². The summed E-state index contributed by atoms with van der Waals surface area (Å²) in [4.78, 5) is 33.6. The highest BCUT2D eigenvalue weighted by Crippen LogP contribution is 2.38. The second-order valence-corrected chi connectivity index (χ2v) is 5.25. The van der Waals surface area contributed by atoms with E-state index in [1.54, 1.807) is 6.92 Å². The van der Waals surface area contributed by atoms with Crippen LogP contribution in [0.25, 0.3) is 0 Å². The molecule has 126 valence electrons. The predicted molar refractivity (Wildman–Crippen MR) is 82.9 cm³/mol. The van der Waals surface area contributed by atoms with Gasteiger partial charge in [0.1, 0.15) is 0 Å². The number of esters is 3. The summed E-state index contributed by atoms with van der Waals surface area (Å²) < 4.78 is 20.9. The largest absolute Gasteiger partial charge is 0.490 e. The summed E-state index contributed by atoms with van der Waals surface area (Å²) >= 11 is 3.27. The van der Waals surface area contributed by atoms with E-state index in [1.165, 1.54) is 32.9 Å². The number of hydrogen-bond donors (Lipinski definition) is 0. The second-order valence-electron chi connectivity index (χ2n) is 4.40. The minimum absolute atomic E-state index is 0.194. The zero-order valence-electron chi connectivity index (χ0n) is 13.2. The molecule has 0 heterocycles. The molecule has 0 saturated carbocycles. The van der Waals surface area contributed by atoms with Crippen molar-refractivity contribution in [2.75, 3.05) is 6.61 Å². The van der Waals surface area contributed by atoms with Crippen LogP contribution in [0.4, 0.5) is 0 Å². The number of halogens is 1. The number of carbonyl (C=O) groups is 3. The van der Waals surface area contributed by atoms with E-state index in [2.05, 4.69) is 15.9 Å². The van der Waals surface area contributed by atoms with Gasteiger partial charge in [0.05, 0.1) is 12.2 Å². The lowest BCUT2D eigenvalue weighted by atomic mass is 10.2. The van der Waals surface area contributed by atoms with Crippen LogP contribution in [0.1, 0.15) is 39.5 Å². The molecule has 0 spiro atoms. The first-order valence-electron chi connectivity index (χ1n) is 6.73. The summed E-state index contributed by atoms with van der Waals surface area (Å²) in [6.45, 7) is 5.73. The van der Waals surface area contributed by atoms with Crippen molar-refractivity contribution in [1.82, 2.24) is 0 Å². The lowest BCUT2D eigenvalue weighted by Gasteiger charge is -2.20. The van der Waals surface area contributed by atoms with Gasteiger partial charge in [0, 0.05) is 25.2 Å². The summed E-state index contributed by atoms with van der Waals surface area (Å²) in [6.07, 6.45) is -1.25. The Morgan fingerprint density at radius 2 is 1.57 bits per heavy atom. The van der Waals surface area contributed by atoms with Gasteiger partial charge in [-0.15, -0.1) is 0 Å². The average molecular weight is 389 g/mol. The van der Waals surface area contributed by atoms with Crippen LogP contribution in [-0.2, 0) is 23.9 Å². The lowest BCUT2D eigenvalue weighted by Crippen LogP contribution is -2.16. The Morgan fingerprint density at radius 1 is 1.00 bits per heavy atom. The Hall–Kier alpha value is -2.09. The number of carbonyl (C=O) groups excluding carboxylic acids is 3. The molecule has 0 unspecified atom stereocenters. The number of benzene rings is 1. The van der Waals surface area contributed by atoms with Gasteiger partial charge in [-0.05, 0) is 19.1 Å². The van der Waals surface area contributed by atoms with E-state index in [0.29, 0.717) is 16.6 Å². The van der Waals surface area contributed by atoms with Gasteiger partial charge >= 0.3 is 17.9 Å². The summed E-state index contributed by atoms with van der Waals surface area (Å²) in [6, 6.07) is 2.95. The smallest absolute Gasteiger partial charge is 0.308 e. The molecule has 0 aromatic heterocycles. The normalized spacial score (nSPS) is 10.2. The summed E-state index contributed by atoms with van der Waals surface area (Å²) in [7, 11) is 0. The Kier molecular flexibility index (Phi) is 7.02. The Balaban J connectivity index is 3.31. The van der Waals surface area contributed by atoms with Crippen LogP contribution >= 0.6 is 15.9 Å². The highest BCUT2D eigenvalue weighted by molar-refractivity contribution is 9.10. The van der Waals surface area contributed by atoms with Gasteiger partial charge < -0.3 is 18.9 Å². The minimum Gasteiger partial charge on any atom is -0.490 e. The van der Waals surface area contributed by atoms with E-state index in [0.717, 1.165) is 0 Å².